The summed E-state index contributed by atoms with van der Waals surface area (Å²) in [5, 5.41) is 9.86. The standard InChI is InChI=1S/C16H18BrN/c17-11-16(15-7-2-1-3-8-15)10-13-5-4-6-14(9-13)12-18/h4-6,9-10,15H,1-3,7-8,11H2. The third-order valence-electron chi connectivity index (χ3n) is 3.65. The SMILES string of the molecule is N#Cc1cccc(C=C(CBr)C2CCCCC2)c1. The molecule has 0 heterocycles. The first kappa shape index (κ1) is 13.4. The summed E-state index contributed by atoms with van der Waals surface area (Å²) in [6, 6.07) is 10.0. The molecule has 2 rings (SSSR count). The van der Waals surface area contributed by atoms with E-state index in [1.807, 2.05) is 18.2 Å². The van der Waals surface area contributed by atoms with Crippen molar-refractivity contribution in [2.24, 2.45) is 5.92 Å². The van der Waals surface area contributed by atoms with Gasteiger partial charge in [-0.2, -0.15) is 5.26 Å². The zero-order valence-corrected chi connectivity index (χ0v) is 12.1. The van der Waals surface area contributed by atoms with E-state index in [2.05, 4.69) is 34.1 Å². The lowest BCUT2D eigenvalue weighted by Gasteiger charge is -2.23. The van der Waals surface area contributed by atoms with Crippen LogP contribution in [0.3, 0.4) is 0 Å². The fraction of sp³-hybridized carbons (Fsp3) is 0.438. The average Bonchev–Trinajstić information content (AvgIpc) is 2.46. The number of allylic oxidation sites excluding steroid dienone is 1. The molecule has 2 heteroatoms. The molecule has 0 atom stereocenters. The van der Waals surface area contributed by atoms with Crippen LogP contribution in [0.5, 0.6) is 0 Å². The number of alkyl halides is 1. The summed E-state index contributed by atoms with van der Waals surface area (Å²) in [5.41, 5.74) is 3.36. The molecule has 1 fully saturated rings. The predicted molar refractivity (Wildman–Crippen MR) is 79.5 cm³/mol. The highest BCUT2D eigenvalue weighted by atomic mass is 79.9. The molecule has 18 heavy (non-hydrogen) atoms. The highest BCUT2D eigenvalue weighted by molar-refractivity contribution is 9.09. The van der Waals surface area contributed by atoms with Crippen molar-refractivity contribution in [3.63, 3.8) is 0 Å². The van der Waals surface area contributed by atoms with Gasteiger partial charge < -0.3 is 0 Å². The van der Waals surface area contributed by atoms with E-state index in [1.54, 1.807) is 0 Å². The number of rotatable bonds is 3. The summed E-state index contributed by atoms with van der Waals surface area (Å²) in [6.45, 7) is 0. The third-order valence-corrected chi connectivity index (χ3v) is 4.30. The molecule has 0 unspecified atom stereocenters. The molecule has 1 aliphatic rings. The number of benzene rings is 1. The third kappa shape index (κ3) is 3.46. The summed E-state index contributed by atoms with van der Waals surface area (Å²) in [5.74, 6) is 0.726. The number of hydrogen-bond acceptors (Lipinski definition) is 1. The molecule has 1 aromatic carbocycles. The Bertz CT molecular complexity index is 464. The average molecular weight is 304 g/mol. The van der Waals surface area contributed by atoms with Crippen LogP contribution < -0.4 is 0 Å². The van der Waals surface area contributed by atoms with Crippen LogP contribution in [0.2, 0.25) is 0 Å². The zero-order valence-electron chi connectivity index (χ0n) is 10.5. The van der Waals surface area contributed by atoms with Gasteiger partial charge in [-0.1, -0.05) is 59.0 Å². The number of halogens is 1. The summed E-state index contributed by atoms with van der Waals surface area (Å²) in [4.78, 5) is 0. The lowest BCUT2D eigenvalue weighted by atomic mass is 9.84. The smallest absolute Gasteiger partial charge is 0.0991 e. The van der Waals surface area contributed by atoms with E-state index >= 15 is 0 Å². The number of nitriles is 1. The summed E-state index contributed by atoms with van der Waals surface area (Å²) >= 11 is 3.61. The molecule has 0 spiro atoms. The summed E-state index contributed by atoms with van der Waals surface area (Å²) in [7, 11) is 0. The minimum absolute atomic E-state index is 0.726. The van der Waals surface area contributed by atoms with Crippen molar-refractivity contribution in [1.82, 2.24) is 0 Å². The Morgan fingerprint density at radius 3 is 2.78 bits per heavy atom. The topological polar surface area (TPSA) is 23.8 Å². The van der Waals surface area contributed by atoms with Crippen LogP contribution >= 0.6 is 15.9 Å². The molecule has 0 N–H and O–H groups in total. The van der Waals surface area contributed by atoms with Crippen molar-refractivity contribution in [1.29, 1.82) is 5.26 Å². The van der Waals surface area contributed by atoms with Crippen LogP contribution in [-0.4, -0.2) is 5.33 Å². The summed E-state index contributed by atoms with van der Waals surface area (Å²) in [6.07, 6.45) is 8.98. The fourth-order valence-corrected chi connectivity index (χ4v) is 3.27. The molecule has 1 aliphatic carbocycles. The van der Waals surface area contributed by atoms with Gasteiger partial charge in [0.05, 0.1) is 11.6 Å². The van der Waals surface area contributed by atoms with E-state index in [1.165, 1.54) is 37.7 Å². The van der Waals surface area contributed by atoms with Gasteiger partial charge in [0.15, 0.2) is 0 Å². The zero-order chi connectivity index (χ0) is 12.8. The monoisotopic (exact) mass is 303 g/mol. The van der Waals surface area contributed by atoms with Crippen molar-refractivity contribution in [3.8, 4) is 6.07 Å². The highest BCUT2D eigenvalue weighted by Crippen LogP contribution is 2.31. The minimum atomic E-state index is 0.726. The Hall–Kier alpha value is -1.07. The molecule has 94 valence electrons. The Morgan fingerprint density at radius 2 is 2.11 bits per heavy atom. The van der Waals surface area contributed by atoms with Gasteiger partial charge in [0, 0.05) is 5.33 Å². The second kappa shape index (κ2) is 6.75. The molecule has 0 amide bonds. The van der Waals surface area contributed by atoms with Crippen LogP contribution in [0.25, 0.3) is 6.08 Å². The molecular formula is C16H18BrN. The first-order valence-corrected chi connectivity index (χ1v) is 7.72. The molecule has 0 radical (unpaired) electrons. The van der Waals surface area contributed by atoms with Gasteiger partial charge in [-0.25, -0.2) is 0 Å². The summed E-state index contributed by atoms with van der Waals surface area (Å²) < 4.78 is 0. The van der Waals surface area contributed by atoms with Crippen LogP contribution in [-0.2, 0) is 0 Å². The van der Waals surface area contributed by atoms with Gasteiger partial charge in [0.1, 0.15) is 0 Å². The van der Waals surface area contributed by atoms with E-state index in [-0.39, 0.29) is 0 Å². The van der Waals surface area contributed by atoms with Crippen molar-refractivity contribution in [3.05, 3.63) is 41.0 Å². The van der Waals surface area contributed by atoms with E-state index in [4.69, 9.17) is 5.26 Å². The quantitative estimate of drug-likeness (QED) is 0.727. The van der Waals surface area contributed by atoms with E-state index in [0.29, 0.717) is 0 Å². The number of nitrogens with zero attached hydrogens (tertiary/aromatic N) is 1. The van der Waals surface area contributed by atoms with Crippen molar-refractivity contribution >= 4 is 22.0 Å². The van der Waals surface area contributed by atoms with Gasteiger partial charge >= 0.3 is 0 Å². The van der Waals surface area contributed by atoms with Gasteiger partial charge in [-0.05, 0) is 36.5 Å². The minimum Gasteiger partial charge on any atom is -0.192 e. The maximum atomic E-state index is 8.92. The van der Waals surface area contributed by atoms with Crippen molar-refractivity contribution in [2.75, 3.05) is 5.33 Å². The van der Waals surface area contributed by atoms with Gasteiger partial charge in [-0.15, -0.1) is 0 Å². The normalized spacial score (nSPS) is 17.4. The van der Waals surface area contributed by atoms with Gasteiger partial charge in [0.2, 0.25) is 0 Å². The van der Waals surface area contributed by atoms with E-state index in [9.17, 15) is 0 Å². The Kier molecular flexibility index (Phi) is 5.01. The Balaban J connectivity index is 2.19. The van der Waals surface area contributed by atoms with Crippen molar-refractivity contribution < 1.29 is 0 Å². The first-order valence-electron chi connectivity index (χ1n) is 6.60. The van der Waals surface area contributed by atoms with E-state index in [0.717, 1.165) is 22.4 Å². The Morgan fingerprint density at radius 1 is 1.33 bits per heavy atom. The lowest BCUT2D eigenvalue weighted by Crippen LogP contribution is -2.10. The lowest BCUT2D eigenvalue weighted by molar-refractivity contribution is 0.405. The maximum Gasteiger partial charge on any atom is 0.0991 e. The molecular weight excluding hydrogens is 286 g/mol. The second-order valence-electron chi connectivity index (χ2n) is 4.93. The first-order chi connectivity index (χ1) is 8.83. The van der Waals surface area contributed by atoms with Crippen molar-refractivity contribution in [2.45, 2.75) is 32.1 Å². The van der Waals surface area contributed by atoms with Crippen LogP contribution in [0, 0.1) is 17.2 Å². The van der Waals surface area contributed by atoms with Crippen LogP contribution in [0.1, 0.15) is 43.2 Å². The van der Waals surface area contributed by atoms with E-state index < -0.39 is 0 Å². The molecule has 1 aromatic rings. The Labute approximate surface area is 118 Å². The van der Waals surface area contributed by atoms with Crippen LogP contribution in [0.15, 0.2) is 29.8 Å². The number of hydrogen-bond donors (Lipinski definition) is 0. The maximum absolute atomic E-state index is 8.92. The van der Waals surface area contributed by atoms with Crippen LogP contribution in [0.4, 0.5) is 0 Å². The molecule has 1 saturated carbocycles. The predicted octanol–water partition coefficient (Wildman–Crippen LogP) is 4.92. The van der Waals surface area contributed by atoms with Gasteiger partial charge in [0.25, 0.3) is 0 Å². The van der Waals surface area contributed by atoms with Gasteiger partial charge in [-0.3, -0.25) is 0 Å². The molecule has 0 bridgehead atoms. The molecule has 1 nitrogen and oxygen atoms in total. The largest absolute Gasteiger partial charge is 0.192 e. The molecule has 0 aromatic heterocycles. The second-order valence-corrected chi connectivity index (χ2v) is 5.49. The molecule has 0 saturated heterocycles. The molecule has 0 aliphatic heterocycles. The highest BCUT2D eigenvalue weighted by Gasteiger charge is 2.16. The fourth-order valence-electron chi connectivity index (χ4n) is 2.65.